The van der Waals surface area contributed by atoms with Gasteiger partial charge in [0.1, 0.15) is 15.7 Å². The van der Waals surface area contributed by atoms with E-state index in [9.17, 15) is 0 Å². The van der Waals surface area contributed by atoms with Gasteiger partial charge in [-0.3, -0.25) is 0 Å². The zero-order chi connectivity index (χ0) is 7.11. The number of allylic oxidation sites excluding steroid dienone is 1. The van der Waals surface area contributed by atoms with E-state index in [1.54, 1.807) is 0 Å². The Balaban J connectivity index is 3.07. The molecule has 0 aromatic rings. The van der Waals surface area contributed by atoms with Gasteiger partial charge in [0.05, 0.1) is 0 Å². The highest BCUT2D eigenvalue weighted by atomic mass is 13.9. The molecule has 9 heavy (non-hydrogen) atoms. The molecule has 2 heteroatoms. The van der Waals surface area contributed by atoms with Crippen molar-refractivity contribution >= 4 is 15.7 Å². The molecule has 0 bridgehead atoms. The average Bonchev–Trinajstić information content (AvgIpc) is 1.89. The van der Waals surface area contributed by atoms with E-state index in [-0.39, 0.29) is 0 Å². The molecule has 0 aliphatic rings. The van der Waals surface area contributed by atoms with E-state index in [0.717, 1.165) is 18.3 Å². The van der Waals surface area contributed by atoms with Crippen LogP contribution in [0.4, 0.5) is 0 Å². The highest BCUT2D eigenvalue weighted by Crippen LogP contribution is 2.03. The van der Waals surface area contributed by atoms with Crippen LogP contribution in [0.3, 0.4) is 0 Å². The van der Waals surface area contributed by atoms with Gasteiger partial charge in [-0.2, -0.15) is 0 Å². The minimum Gasteiger partial charge on any atom is -0.142 e. The number of unbranched alkanes of at least 4 members (excludes halogenated alkanes) is 2. The third kappa shape index (κ3) is 5.75. The normalized spacial score (nSPS) is 11.9. The van der Waals surface area contributed by atoms with E-state index >= 15 is 0 Å². The smallest absolute Gasteiger partial charge is 0.106 e. The minimum absolute atomic E-state index is 0.809. The van der Waals surface area contributed by atoms with Gasteiger partial charge in [-0.1, -0.05) is 26.2 Å². The van der Waals surface area contributed by atoms with Gasteiger partial charge in [0.2, 0.25) is 0 Å². The first kappa shape index (κ1) is 8.87. The van der Waals surface area contributed by atoms with E-state index in [1.807, 2.05) is 0 Å². The van der Waals surface area contributed by atoms with Crippen molar-refractivity contribution in [1.82, 2.24) is 0 Å². The standard InChI is InChI=1S/C7H12B2/c1-2-3-4-5-7(9)6-8/h6H,2-5H2,1H3. The summed E-state index contributed by atoms with van der Waals surface area (Å²) in [6, 6.07) is 0. The molecule has 0 rings (SSSR count). The van der Waals surface area contributed by atoms with E-state index in [4.69, 9.17) is 15.7 Å². The predicted octanol–water partition coefficient (Wildman–Crippen LogP) is 1.75. The fraction of sp³-hybridized carbons (Fsp3) is 0.714. The monoisotopic (exact) mass is 118 g/mol. The highest BCUT2D eigenvalue weighted by molar-refractivity contribution is 6.28. The molecule has 46 valence electrons. The van der Waals surface area contributed by atoms with Crippen molar-refractivity contribution < 1.29 is 0 Å². The molecule has 0 amide bonds. The van der Waals surface area contributed by atoms with E-state index in [0.29, 0.717) is 0 Å². The molecule has 0 heterocycles. The fourth-order valence-corrected chi connectivity index (χ4v) is 0.662. The molecule has 0 nitrogen and oxygen atoms in total. The second-order valence-electron chi connectivity index (χ2n) is 2.20. The third-order valence-electron chi connectivity index (χ3n) is 1.28. The molecular formula is C7H12B2. The van der Waals surface area contributed by atoms with Gasteiger partial charge in [-0.25, -0.2) is 0 Å². The Hall–Kier alpha value is -0.130. The van der Waals surface area contributed by atoms with Gasteiger partial charge in [0, 0.05) is 0 Å². The first-order valence-electron chi connectivity index (χ1n) is 3.47. The molecule has 0 fully saturated rings. The topological polar surface area (TPSA) is 0 Å². The summed E-state index contributed by atoms with van der Waals surface area (Å²) in [7, 11) is 10.6. The van der Waals surface area contributed by atoms with Crippen molar-refractivity contribution in [2.75, 3.05) is 0 Å². The van der Waals surface area contributed by atoms with Crippen LogP contribution in [0.2, 0.25) is 0 Å². The van der Waals surface area contributed by atoms with Crippen LogP contribution in [0.1, 0.15) is 32.6 Å². The van der Waals surface area contributed by atoms with Gasteiger partial charge in [-0.15, -0.1) is 11.4 Å². The van der Waals surface area contributed by atoms with Crippen molar-refractivity contribution in [3.05, 3.63) is 11.4 Å². The van der Waals surface area contributed by atoms with Gasteiger partial charge in [0.15, 0.2) is 0 Å². The van der Waals surface area contributed by atoms with Crippen molar-refractivity contribution in [1.29, 1.82) is 0 Å². The van der Waals surface area contributed by atoms with Crippen LogP contribution >= 0.6 is 0 Å². The SMILES string of the molecule is [B]C=C([B])CCCCC. The first-order valence-corrected chi connectivity index (χ1v) is 3.47. The quantitative estimate of drug-likeness (QED) is 0.389. The molecule has 0 saturated heterocycles. The average molecular weight is 118 g/mol. The highest BCUT2D eigenvalue weighted by Gasteiger charge is 1.86. The lowest BCUT2D eigenvalue weighted by molar-refractivity contribution is 0.725. The summed E-state index contributed by atoms with van der Waals surface area (Å²) >= 11 is 0. The Kier molecular flexibility index (Phi) is 5.91. The Labute approximate surface area is 60.5 Å². The summed E-state index contributed by atoms with van der Waals surface area (Å²) in [5.74, 6) is 1.48. The second kappa shape index (κ2) is 6.00. The zero-order valence-electron chi connectivity index (χ0n) is 6.06. The molecule has 0 aliphatic heterocycles. The zero-order valence-corrected chi connectivity index (χ0v) is 6.06. The lowest BCUT2D eigenvalue weighted by atomic mass is 9.85. The van der Waals surface area contributed by atoms with Crippen LogP contribution in [0.25, 0.3) is 0 Å². The van der Waals surface area contributed by atoms with Gasteiger partial charge < -0.3 is 0 Å². The summed E-state index contributed by atoms with van der Waals surface area (Å²) in [6.07, 6.45) is 4.59. The Bertz CT molecular complexity index is 86.9. The molecule has 0 aliphatic carbocycles. The lowest BCUT2D eigenvalue weighted by Gasteiger charge is -1.97. The van der Waals surface area contributed by atoms with Crippen molar-refractivity contribution in [2.24, 2.45) is 0 Å². The van der Waals surface area contributed by atoms with Crippen molar-refractivity contribution in [3.8, 4) is 0 Å². The van der Waals surface area contributed by atoms with Crippen LogP contribution in [-0.2, 0) is 0 Å². The molecule has 0 spiro atoms. The van der Waals surface area contributed by atoms with Crippen molar-refractivity contribution in [2.45, 2.75) is 32.6 Å². The van der Waals surface area contributed by atoms with Crippen LogP contribution < -0.4 is 0 Å². The molecule has 0 saturated carbocycles. The molecule has 0 atom stereocenters. The molecular weight excluding hydrogens is 106 g/mol. The van der Waals surface area contributed by atoms with Gasteiger partial charge >= 0.3 is 0 Å². The van der Waals surface area contributed by atoms with Gasteiger partial charge in [0.25, 0.3) is 0 Å². The minimum atomic E-state index is 0.809. The van der Waals surface area contributed by atoms with E-state index in [1.165, 1.54) is 18.8 Å². The van der Waals surface area contributed by atoms with E-state index in [2.05, 4.69) is 6.92 Å². The molecule has 0 N–H and O–H groups in total. The maximum Gasteiger partial charge on any atom is 0.106 e. The second-order valence-corrected chi connectivity index (χ2v) is 2.20. The maximum absolute atomic E-state index is 5.45. The summed E-state index contributed by atoms with van der Waals surface area (Å²) in [6.45, 7) is 2.17. The number of hydrogen-bond donors (Lipinski definition) is 0. The van der Waals surface area contributed by atoms with Crippen LogP contribution in [0.5, 0.6) is 0 Å². The Morgan fingerprint density at radius 1 is 1.44 bits per heavy atom. The van der Waals surface area contributed by atoms with Crippen LogP contribution in [-0.4, -0.2) is 15.7 Å². The predicted molar refractivity (Wildman–Crippen MR) is 43.7 cm³/mol. The van der Waals surface area contributed by atoms with Crippen LogP contribution in [0, 0.1) is 0 Å². The number of hydrogen-bond acceptors (Lipinski definition) is 0. The Morgan fingerprint density at radius 3 is 2.56 bits per heavy atom. The molecule has 0 aromatic carbocycles. The summed E-state index contributed by atoms with van der Waals surface area (Å²) in [4.78, 5) is 0. The fourth-order valence-electron chi connectivity index (χ4n) is 0.662. The summed E-state index contributed by atoms with van der Waals surface area (Å²) < 4.78 is 0. The Morgan fingerprint density at radius 2 is 2.11 bits per heavy atom. The summed E-state index contributed by atoms with van der Waals surface area (Å²) in [5.41, 5.74) is 0.809. The maximum atomic E-state index is 5.45. The lowest BCUT2D eigenvalue weighted by Crippen LogP contribution is -1.82. The van der Waals surface area contributed by atoms with Crippen LogP contribution in [0.15, 0.2) is 11.4 Å². The first-order chi connectivity index (χ1) is 4.31. The third-order valence-corrected chi connectivity index (χ3v) is 1.28. The largest absolute Gasteiger partial charge is 0.142 e. The van der Waals surface area contributed by atoms with Crippen molar-refractivity contribution in [3.63, 3.8) is 0 Å². The molecule has 0 aromatic heterocycles. The summed E-state index contributed by atoms with van der Waals surface area (Å²) in [5, 5.41) is 0. The van der Waals surface area contributed by atoms with Gasteiger partial charge in [-0.05, 0) is 6.42 Å². The molecule has 4 radical (unpaired) electrons. The van der Waals surface area contributed by atoms with E-state index < -0.39 is 0 Å². The number of rotatable bonds is 4. The molecule has 0 unspecified atom stereocenters.